The fraction of sp³-hybridized carbons (Fsp3) is 0.429. The normalized spacial score (nSPS) is 6.00. The van der Waals surface area contributed by atoms with Crippen molar-refractivity contribution in [2.45, 2.75) is 6.92 Å². The van der Waals surface area contributed by atoms with E-state index in [0.29, 0.717) is 0 Å². The van der Waals surface area contributed by atoms with Crippen molar-refractivity contribution in [3.8, 4) is 23.9 Å². The van der Waals surface area contributed by atoms with Gasteiger partial charge in [-0.1, -0.05) is 17.8 Å². The lowest BCUT2D eigenvalue weighted by atomic mass is 10.6. The van der Waals surface area contributed by atoms with Gasteiger partial charge in [-0.05, 0) is 0 Å². The summed E-state index contributed by atoms with van der Waals surface area (Å²) in [5.41, 5.74) is 0. The number of hydrogen-bond acceptors (Lipinski definition) is 2. The van der Waals surface area contributed by atoms with Crippen LogP contribution in [0.25, 0.3) is 0 Å². The van der Waals surface area contributed by atoms with E-state index < -0.39 is 0 Å². The number of rotatable bonds is 1. The van der Waals surface area contributed by atoms with Gasteiger partial charge in [0.05, 0.1) is 0 Å². The summed E-state index contributed by atoms with van der Waals surface area (Å²) in [5.74, 6) is 7.51. The summed E-state index contributed by atoms with van der Waals surface area (Å²) < 4.78 is 4.64. The summed E-state index contributed by atoms with van der Waals surface area (Å²) in [4.78, 5) is 0. The highest BCUT2D eigenvalue weighted by atomic mass is 16.5. The van der Waals surface area contributed by atoms with E-state index in [9.17, 15) is 0 Å². The van der Waals surface area contributed by atoms with Crippen molar-refractivity contribution < 1.29 is 9.84 Å². The lowest BCUT2D eigenvalue weighted by Crippen LogP contribution is -1.82. The number of ether oxygens (including phenoxy) is 1. The van der Waals surface area contributed by atoms with Gasteiger partial charge in [-0.2, -0.15) is 0 Å². The van der Waals surface area contributed by atoms with Crippen LogP contribution in [0.15, 0.2) is 0 Å². The van der Waals surface area contributed by atoms with Crippen molar-refractivity contribution in [1.82, 2.24) is 0 Å². The highest BCUT2D eigenvalue weighted by molar-refractivity contribution is 5.00. The fourth-order valence-electron chi connectivity index (χ4n) is 0.251. The average molecular weight is 124 g/mol. The first-order chi connectivity index (χ1) is 4.41. The number of aliphatic hydroxyl groups excluding tert-OH is 1. The van der Waals surface area contributed by atoms with E-state index in [1.165, 1.54) is 0 Å². The molecule has 1 N–H and O–H groups in total. The Morgan fingerprint density at radius 3 is 2.78 bits per heavy atom. The van der Waals surface area contributed by atoms with Gasteiger partial charge in [0.1, 0.15) is 12.7 Å². The molecule has 0 bridgehead atoms. The van der Waals surface area contributed by atoms with Crippen LogP contribution < -0.4 is 0 Å². The molecule has 48 valence electrons. The molecule has 0 amide bonds. The Kier molecular flexibility index (Phi) is 6.02. The Hall–Kier alpha value is -1.12. The van der Waals surface area contributed by atoms with Gasteiger partial charge in [0.15, 0.2) is 6.61 Å². The largest absolute Gasteiger partial charge is 0.433 e. The van der Waals surface area contributed by atoms with Crippen LogP contribution in [0.2, 0.25) is 0 Å². The fourth-order valence-corrected chi connectivity index (χ4v) is 0.251. The maximum Gasteiger partial charge on any atom is 0.160 e. The first-order valence-electron chi connectivity index (χ1n) is 2.52. The van der Waals surface area contributed by atoms with Crippen LogP contribution in [-0.4, -0.2) is 18.3 Å². The molecular weight excluding hydrogens is 116 g/mol. The molecule has 0 unspecified atom stereocenters. The summed E-state index contributed by atoms with van der Waals surface area (Å²) in [5, 5.41) is 8.16. The maximum absolute atomic E-state index is 8.16. The lowest BCUT2D eigenvalue weighted by Gasteiger charge is -1.82. The Bertz CT molecular complexity index is 163. The van der Waals surface area contributed by atoms with Gasteiger partial charge in [0.25, 0.3) is 0 Å². The van der Waals surface area contributed by atoms with Crippen molar-refractivity contribution >= 4 is 0 Å². The highest BCUT2D eigenvalue weighted by Gasteiger charge is 1.68. The van der Waals surface area contributed by atoms with E-state index >= 15 is 0 Å². The molecule has 0 fully saturated rings. The number of aliphatic hydroxyl groups is 1. The van der Waals surface area contributed by atoms with E-state index in [0.717, 1.165) is 0 Å². The highest BCUT2D eigenvalue weighted by Crippen LogP contribution is 1.65. The molecule has 0 aliphatic heterocycles. The van der Waals surface area contributed by atoms with E-state index in [1.54, 1.807) is 6.92 Å². The van der Waals surface area contributed by atoms with E-state index in [1.807, 2.05) is 0 Å². The molecule has 9 heavy (non-hydrogen) atoms. The SMILES string of the molecule is CC#COCC#CCO. The van der Waals surface area contributed by atoms with E-state index in [4.69, 9.17) is 5.11 Å². The van der Waals surface area contributed by atoms with Gasteiger partial charge in [0, 0.05) is 6.92 Å². The second kappa shape index (κ2) is 6.88. The second-order valence-corrected chi connectivity index (χ2v) is 1.15. The molecular formula is C7H8O2. The van der Waals surface area contributed by atoms with Gasteiger partial charge in [-0.25, -0.2) is 0 Å². The van der Waals surface area contributed by atoms with Crippen molar-refractivity contribution in [2.24, 2.45) is 0 Å². The van der Waals surface area contributed by atoms with Crippen LogP contribution in [0.3, 0.4) is 0 Å². The summed E-state index contributed by atoms with van der Waals surface area (Å²) in [6.07, 6.45) is 2.37. The van der Waals surface area contributed by atoms with Gasteiger partial charge < -0.3 is 9.84 Å². The molecule has 0 aliphatic rings. The van der Waals surface area contributed by atoms with Crippen molar-refractivity contribution in [2.75, 3.05) is 13.2 Å². The predicted molar refractivity (Wildman–Crippen MR) is 34.3 cm³/mol. The minimum absolute atomic E-state index is 0.122. The minimum atomic E-state index is -0.122. The predicted octanol–water partition coefficient (Wildman–Crippen LogP) is -0.0205. The molecule has 0 aromatic heterocycles. The molecule has 0 aromatic carbocycles. The van der Waals surface area contributed by atoms with Crippen molar-refractivity contribution in [3.05, 3.63) is 0 Å². The quantitative estimate of drug-likeness (QED) is 0.393. The summed E-state index contributed by atoms with van der Waals surface area (Å²) in [6, 6.07) is 0. The van der Waals surface area contributed by atoms with Crippen LogP contribution in [-0.2, 0) is 4.74 Å². The topological polar surface area (TPSA) is 29.5 Å². The number of hydrogen-bond donors (Lipinski definition) is 1. The molecule has 0 aliphatic carbocycles. The van der Waals surface area contributed by atoms with Crippen molar-refractivity contribution in [1.29, 1.82) is 0 Å². The minimum Gasteiger partial charge on any atom is -0.433 e. The standard InChI is InChI=1S/C7H8O2/c1-2-6-9-7-4-3-5-8/h8H,5,7H2,1H3. The first kappa shape index (κ1) is 7.88. The van der Waals surface area contributed by atoms with Crippen LogP contribution in [0.4, 0.5) is 0 Å². The molecule has 0 rings (SSSR count). The third-order valence-electron chi connectivity index (χ3n) is 0.523. The lowest BCUT2D eigenvalue weighted by molar-refractivity contribution is 0.325. The Morgan fingerprint density at radius 1 is 1.44 bits per heavy atom. The third kappa shape index (κ3) is 6.88. The summed E-state index contributed by atoms with van der Waals surface area (Å²) in [7, 11) is 0. The summed E-state index contributed by atoms with van der Waals surface area (Å²) >= 11 is 0. The molecule has 0 radical (unpaired) electrons. The van der Waals surface area contributed by atoms with E-state index in [2.05, 4.69) is 28.6 Å². The third-order valence-corrected chi connectivity index (χ3v) is 0.523. The molecule has 0 atom stereocenters. The summed E-state index contributed by atoms with van der Waals surface area (Å²) in [6.45, 7) is 1.82. The van der Waals surface area contributed by atoms with Crippen molar-refractivity contribution in [3.63, 3.8) is 0 Å². The Balaban J connectivity index is 3.15. The van der Waals surface area contributed by atoms with Crippen LogP contribution >= 0.6 is 0 Å². The zero-order chi connectivity index (χ0) is 6.95. The van der Waals surface area contributed by atoms with Gasteiger partial charge >= 0.3 is 0 Å². The van der Waals surface area contributed by atoms with Crippen LogP contribution in [0.1, 0.15) is 6.92 Å². The second-order valence-electron chi connectivity index (χ2n) is 1.15. The zero-order valence-electron chi connectivity index (χ0n) is 5.27. The van der Waals surface area contributed by atoms with Gasteiger partial charge in [0.2, 0.25) is 0 Å². The molecule has 2 nitrogen and oxygen atoms in total. The zero-order valence-corrected chi connectivity index (χ0v) is 5.27. The first-order valence-corrected chi connectivity index (χ1v) is 2.52. The molecule has 0 aromatic rings. The van der Waals surface area contributed by atoms with Crippen LogP contribution in [0, 0.1) is 23.9 Å². The Labute approximate surface area is 54.8 Å². The molecule has 0 spiro atoms. The average Bonchev–Trinajstić information content (AvgIpc) is 1.89. The monoisotopic (exact) mass is 124 g/mol. The molecule has 0 heterocycles. The molecule has 0 saturated carbocycles. The smallest absolute Gasteiger partial charge is 0.160 e. The van der Waals surface area contributed by atoms with Gasteiger partial charge in [-0.15, -0.1) is 0 Å². The Morgan fingerprint density at radius 2 is 2.22 bits per heavy atom. The van der Waals surface area contributed by atoms with E-state index in [-0.39, 0.29) is 13.2 Å². The molecule has 2 heteroatoms. The molecule has 0 saturated heterocycles. The maximum atomic E-state index is 8.16. The van der Waals surface area contributed by atoms with Gasteiger partial charge in [-0.3, -0.25) is 0 Å². The van der Waals surface area contributed by atoms with Crippen LogP contribution in [0.5, 0.6) is 0 Å².